The van der Waals surface area contributed by atoms with E-state index in [1.807, 2.05) is 12.1 Å². The van der Waals surface area contributed by atoms with Gasteiger partial charge in [0.25, 0.3) is 0 Å². The lowest BCUT2D eigenvalue weighted by atomic mass is 9.96. The molecular weight excluding hydrogens is 693 g/mol. The second-order valence-corrected chi connectivity index (χ2v) is 14.5. The molecular formula is C54H36N2O. The minimum Gasteiger partial charge on any atom is -0.456 e. The summed E-state index contributed by atoms with van der Waals surface area (Å²) in [5, 5.41) is 4.72. The number of nitrogens with zero attached hydrogens (tertiary/aromatic N) is 2. The van der Waals surface area contributed by atoms with Crippen molar-refractivity contribution in [3.05, 3.63) is 218 Å². The largest absolute Gasteiger partial charge is 0.456 e. The summed E-state index contributed by atoms with van der Waals surface area (Å²) in [6.45, 7) is 0. The molecule has 57 heavy (non-hydrogen) atoms. The molecule has 0 aliphatic carbocycles. The van der Waals surface area contributed by atoms with E-state index in [1.54, 1.807) is 0 Å². The molecule has 0 amide bonds. The van der Waals surface area contributed by atoms with Crippen molar-refractivity contribution in [2.75, 3.05) is 4.90 Å². The van der Waals surface area contributed by atoms with Gasteiger partial charge in [-0.2, -0.15) is 0 Å². The molecule has 0 atom stereocenters. The first kappa shape index (κ1) is 32.8. The number of para-hydroxylation sites is 4. The van der Waals surface area contributed by atoms with Crippen LogP contribution >= 0.6 is 0 Å². The molecule has 0 N–H and O–H groups in total. The maximum atomic E-state index is 6.38. The van der Waals surface area contributed by atoms with Crippen molar-refractivity contribution < 1.29 is 4.42 Å². The van der Waals surface area contributed by atoms with Crippen LogP contribution in [0, 0.1) is 0 Å². The lowest BCUT2D eigenvalue weighted by Crippen LogP contribution is -2.12. The highest BCUT2D eigenvalue weighted by molar-refractivity contribution is 6.14. The molecule has 9 aromatic carbocycles. The van der Waals surface area contributed by atoms with Crippen molar-refractivity contribution in [1.29, 1.82) is 0 Å². The first-order valence-electron chi connectivity index (χ1n) is 19.4. The van der Waals surface area contributed by atoms with Gasteiger partial charge < -0.3 is 13.9 Å². The van der Waals surface area contributed by atoms with Gasteiger partial charge in [-0.1, -0.05) is 158 Å². The van der Waals surface area contributed by atoms with Crippen molar-refractivity contribution in [1.82, 2.24) is 4.57 Å². The Labute approximate surface area is 330 Å². The smallest absolute Gasteiger partial charge is 0.136 e. The Morgan fingerprint density at radius 1 is 0.351 bits per heavy atom. The number of benzene rings is 9. The van der Waals surface area contributed by atoms with Gasteiger partial charge in [-0.15, -0.1) is 0 Å². The third kappa shape index (κ3) is 5.60. The molecule has 0 radical (unpaired) electrons. The van der Waals surface area contributed by atoms with Crippen molar-refractivity contribution in [2.45, 2.75) is 0 Å². The lowest BCUT2D eigenvalue weighted by molar-refractivity contribution is 0.669. The highest BCUT2D eigenvalue weighted by Crippen LogP contribution is 2.45. The van der Waals surface area contributed by atoms with Gasteiger partial charge in [0, 0.05) is 44.2 Å². The minimum absolute atomic E-state index is 0.881. The summed E-state index contributed by atoms with van der Waals surface area (Å²) in [4.78, 5) is 2.40. The Balaban J connectivity index is 1.09. The molecule has 0 aliphatic heterocycles. The second-order valence-electron chi connectivity index (χ2n) is 14.5. The summed E-state index contributed by atoms with van der Waals surface area (Å²) in [6, 6.07) is 78.1. The maximum absolute atomic E-state index is 6.38. The number of furan rings is 1. The van der Waals surface area contributed by atoms with Crippen LogP contribution in [0.1, 0.15) is 0 Å². The minimum atomic E-state index is 0.881. The molecule has 3 heteroatoms. The number of hydrogen-bond donors (Lipinski definition) is 0. The van der Waals surface area contributed by atoms with E-state index in [9.17, 15) is 0 Å². The zero-order valence-electron chi connectivity index (χ0n) is 31.1. The van der Waals surface area contributed by atoms with Gasteiger partial charge in [-0.25, -0.2) is 0 Å². The number of fused-ring (bicyclic) bond motifs is 6. The Kier molecular flexibility index (Phi) is 7.82. The Hall–Kier alpha value is -7.62. The van der Waals surface area contributed by atoms with E-state index < -0.39 is 0 Å². The molecule has 0 unspecified atom stereocenters. The maximum Gasteiger partial charge on any atom is 0.136 e. The number of anilines is 3. The molecule has 0 saturated heterocycles. The highest BCUT2D eigenvalue weighted by Gasteiger charge is 2.21. The number of aromatic nitrogens is 1. The predicted octanol–water partition coefficient (Wildman–Crippen LogP) is 15.2. The average molecular weight is 729 g/mol. The van der Waals surface area contributed by atoms with Crippen LogP contribution in [-0.2, 0) is 0 Å². The van der Waals surface area contributed by atoms with Crippen LogP contribution in [0.3, 0.4) is 0 Å². The van der Waals surface area contributed by atoms with E-state index in [2.05, 4.69) is 216 Å². The molecule has 0 aliphatic rings. The van der Waals surface area contributed by atoms with E-state index in [0.29, 0.717) is 0 Å². The third-order valence-electron chi connectivity index (χ3n) is 11.2. The Morgan fingerprint density at radius 3 is 1.60 bits per heavy atom. The molecule has 0 saturated carbocycles. The third-order valence-corrected chi connectivity index (χ3v) is 11.2. The van der Waals surface area contributed by atoms with Gasteiger partial charge in [-0.05, 0) is 88.5 Å². The average Bonchev–Trinajstić information content (AvgIpc) is 3.84. The van der Waals surface area contributed by atoms with Crippen molar-refractivity contribution in [3.63, 3.8) is 0 Å². The zero-order valence-corrected chi connectivity index (χ0v) is 31.1. The molecule has 11 aromatic rings. The van der Waals surface area contributed by atoms with Gasteiger partial charge in [0.1, 0.15) is 11.2 Å². The molecule has 268 valence electrons. The van der Waals surface area contributed by atoms with Crippen molar-refractivity contribution in [3.8, 4) is 39.1 Å². The molecule has 0 spiro atoms. The van der Waals surface area contributed by atoms with Crippen molar-refractivity contribution >= 4 is 60.8 Å². The van der Waals surface area contributed by atoms with Crippen LogP contribution < -0.4 is 4.90 Å². The van der Waals surface area contributed by atoms with Gasteiger partial charge in [-0.3, -0.25) is 0 Å². The Bertz CT molecular complexity index is 3170. The fourth-order valence-electron chi connectivity index (χ4n) is 8.58. The van der Waals surface area contributed by atoms with E-state index in [-0.39, 0.29) is 0 Å². The summed E-state index contributed by atoms with van der Waals surface area (Å²) in [5.41, 5.74) is 15.5. The fourth-order valence-corrected chi connectivity index (χ4v) is 8.58. The van der Waals surface area contributed by atoms with Gasteiger partial charge in [0.05, 0.1) is 16.7 Å². The van der Waals surface area contributed by atoms with E-state index in [0.717, 1.165) is 55.8 Å². The van der Waals surface area contributed by atoms with Crippen LogP contribution in [0.4, 0.5) is 17.1 Å². The SMILES string of the molecule is c1ccc(-c2ccc(-c3ccc(N(c4cccc(-n5c6ccccc6c6ccccc65)c4)c4ccccc4-c4cccc5oc6ccccc6c45)cc3)cc2)cc1. The summed E-state index contributed by atoms with van der Waals surface area (Å²) < 4.78 is 8.77. The fraction of sp³-hybridized carbons (Fsp3) is 0. The molecule has 0 bridgehead atoms. The highest BCUT2D eigenvalue weighted by atomic mass is 16.3. The number of rotatable bonds is 7. The summed E-state index contributed by atoms with van der Waals surface area (Å²) in [5.74, 6) is 0. The summed E-state index contributed by atoms with van der Waals surface area (Å²) >= 11 is 0. The number of hydrogen-bond acceptors (Lipinski definition) is 2. The molecule has 2 aromatic heterocycles. The first-order chi connectivity index (χ1) is 28.3. The van der Waals surface area contributed by atoms with Gasteiger partial charge in [0.2, 0.25) is 0 Å². The Morgan fingerprint density at radius 2 is 0.877 bits per heavy atom. The van der Waals surface area contributed by atoms with Crippen LogP contribution in [0.5, 0.6) is 0 Å². The lowest BCUT2D eigenvalue weighted by Gasteiger charge is -2.29. The van der Waals surface area contributed by atoms with Crippen molar-refractivity contribution in [2.24, 2.45) is 0 Å². The summed E-state index contributed by atoms with van der Waals surface area (Å²) in [6.07, 6.45) is 0. The van der Waals surface area contributed by atoms with Gasteiger partial charge in [0.15, 0.2) is 0 Å². The van der Waals surface area contributed by atoms with Crippen LogP contribution in [0.15, 0.2) is 223 Å². The van der Waals surface area contributed by atoms with Gasteiger partial charge >= 0.3 is 0 Å². The molecule has 11 rings (SSSR count). The quantitative estimate of drug-likeness (QED) is 0.163. The molecule has 3 nitrogen and oxygen atoms in total. The van der Waals surface area contributed by atoms with Crippen LogP contribution in [0.25, 0.3) is 82.8 Å². The van der Waals surface area contributed by atoms with E-state index in [1.165, 1.54) is 44.1 Å². The molecule has 0 fully saturated rings. The second kappa shape index (κ2) is 13.6. The van der Waals surface area contributed by atoms with E-state index in [4.69, 9.17) is 4.42 Å². The van der Waals surface area contributed by atoms with E-state index >= 15 is 0 Å². The van der Waals surface area contributed by atoms with Crippen LogP contribution in [0.2, 0.25) is 0 Å². The standard InChI is InChI=1S/C54H36N2O/c1-2-14-37(15-3-1)38-28-30-39(31-29-38)40-32-34-41(35-33-40)55(42-16-12-17-43(36-42)56-50-24-9-4-18-44(50)45-19-5-10-25-51(45)56)49-23-8-6-20-46(49)47-22-13-27-53-54(47)48-21-7-11-26-52(48)57-53/h1-36H. The first-order valence-corrected chi connectivity index (χ1v) is 19.4. The topological polar surface area (TPSA) is 21.3 Å². The molecule has 2 heterocycles. The summed E-state index contributed by atoms with van der Waals surface area (Å²) in [7, 11) is 0. The normalized spacial score (nSPS) is 11.5. The zero-order chi connectivity index (χ0) is 37.7. The van der Waals surface area contributed by atoms with Crippen LogP contribution in [-0.4, -0.2) is 4.57 Å². The predicted molar refractivity (Wildman–Crippen MR) is 239 cm³/mol. The monoisotopic (exact) mass is 728 g/mol.